The molecule has 0 amide bonds. The van der Waals surface area contributed by atoms with E-state index in [-0.39, 0.29) is 10.7 Å². The van der Waals surface area contributed by atoms with E-state index in [1.165, 1.54) is 12.3 Å². The van der Waals surface area contributed by atoms with Crippen LogP contribution < -0.4 is 0 Å². The van der Waals surface area contributed by atoms with Crippen molar-refractivity contribution in [3.05, 3.63) is 40.0 Å². The topological polar surface area (TPSA) is 54.5 Å². The van der Waals surface area contributed by atoms with Crippen molar-refractivity contribution in [1.82, 2.24) is 4.98 Å². The summed E-state index contributed by atoms with van der Waals surface area (Å²) in [5.74, 6) is -1.15. The average Bonchev–Trinajstić information content (AvgIpc) is 2.97. The quantitative estimate of drug-likeness (QED) is 0.782. The fourth-order valence-corrected chi connectivity index (χ4v) is 1.68. The van der Waals surface area contributed by atoms with Crippen LogP contribution in [0, 0.1) is 6.57 Å². The van der Waals surface area contributed by atoms with Crippen molar-refractivity contribution in [3.63, 3.8) is 0 Å². The number of pyridine rings is 1. The molecular formula is C10H7ClN2O2. The first-order valence-electron chi connectivity index (χ1n) is 4.37. The second kappa shape index (κ2) is 3.21. The summed E-state index contributed by atoms with van der Waals surface area (Å²) in [6.45, 7) is 7.05. The Morgan fingerprint density at radius 3 is 2.73 bits per heavy atom. The third-order valence-electron chi connectivity index (χ3n) is 2.52. The lowest BCUT2D eigenvalue weighted by molar-refractivity contribution is 0.0690. The van der Waals surface area contributed by atoms with Gasteiger partial charge in [-0.3, -0.25) is 0 Å². The number of aromatic carboxylic acids is 1. The van der Waals surface area contributed by atoms with E-state index in [0.717, 1.165) is 12.8 Å². The molecule has 0 atom stereocenters. The Bertz CT molecular complexity index is 475. The van der Waals surface area contributed by atoms with E-state index in [2.05, 4.69) is 9.83 Å². The number of carboxylic acid groups (broad SMARTS) is 1. The second-order valence-corrected chi connectivity index (χ2v) is 3.91. The maximum Gasteiger partial charge on any atom is 0.356 e. The van der Waals surface area contributed by atoms with Crippen molar-refractivity contribution < 1.29 is 9.90 Å². The third kappa shape index (κ3) is 1.55. The number of carbonyl (C=O) groups is 1. The highest BCUT2D eigenvalue weighted by molar-refractivity contribution is 6.33. The molecule has 1 aliphatic carbocycles. The van der Waals surface area contributed by atoms with Gasteiger partial charge in [0.1, 0.15) is 0 Å². The molecular weight excluding hydrogens is 216 g/mol. The summed E-state index contributed by atoms with van der Waals surface area (Å²) in [4.78, 5) is 17.9. The minimum atomic E-state index is -1.15. The Labute approximate surface area is 91.3 Å². The molecule has 1 aromatic rings. The second-order valence-electron chi connectivity index (χ2n) is 3.50. The number of nitrogens with zero attached hydrogens (tertiary/aromatic N) is 2. The van der Waals surface area contributed by atoms with Crippen molar-refractivity contribution in [1.29, 1.82) is 0 Å². The van der Waals surface area contributed by atoms with E-state index in [4.69, 9.17) is 23.3 Å². The number of hydrogen-bond donors (Lipinski definition) is 1. The summed E-state index contributed by atoms with van der Waals surface area (Å²) >= 11 is 5.77. The third-order valence-corrected chi connectivity index (χ3v) is 2.81. The van der Waals surface area contributed by atoms with Gasteiger partial charge in [0, 0.05) is 19.0 Å². The monoisotopic (exact) mass is 222 g/mol. The molecule has 0 unspecified atom stereocenters. The highest BCUT2D eigenvalue weighted by Gasteiger charge is 2.53. The number of rotatable bonds is 2. The molecule has 1 saturated carbocycles. The van der Waals surface area contributed by atoms with E-state index < -0.39 is 11.5 Å². The van der Waals surface area contributed by atoms with Crippen LogP contribution in [0.15, 0.2) is 12.3 Å². The van der Waals surface area contributed by atoms with Crippen LogP contribution in [0.2, 0.25) is 5.02 Å². The lowest BCUT2D eigenvalue weighted by atomic mass is 10.1. The molecule has 76 valence electrons. The van der Waals surface area contributed by atoms with Gasteiger partial charge in [-0.05, 0) is 6.07 Å². The van der Waals surface area contributed by atoms with E-state index in [1.807, 2.05) is 0 Å². The Hall–Kier alpha value is -1.60. The van der Waals surface area contributed by atoms with Crippen LogP contribution in [0.25, 0.3) is 4.85 Å². The molecule has 0 radical (unpaired) electrons. The van der Waals surface area contributed by atoms with Crippen molar-refractivity contribution in [2.75, 3.05) is 0 Å². The van der Waals surface area contributed by atoms with E-state index >= 15 is 0 Å². The van der Waals surface area contributed by atoms with Crippen molar-refractivity contribution in [2.24, 2.45) is 0 Å². The summed E-state index contributed by atoms with van der Waals surface area (Å²) in [5, 5.41) is 8.82. The Morgan fingerprint density at radius 2 is 2.33 bits per heavy atom. The van der Waals surface area contributed by atoms with Crippen molar-refractivity contribution >= 4 is 17.6 Å². The Morgan fingerprint density at radius 1 is 1.67 bits per heavy atom. The van der Waals surface area contributed by atoms with E-state index in [1.54, 1.807) is 0 Å². The van der Waals surface area contributed by atoms with Gasteiger partial charge < -0.3 is 9.95 Å². The fraction of sp³-hybridized carbons (Fsp3) is 0.300. The average molecular weight is 223 g/mol. The molecule has 1 fully saturated rings. The summed E-state index contributed by atoms with van der Waals surface area (Å²) in [5.41, 5.74) is 0.0573. The van der Waals surface area contributed by atoms with Gasteiger partial charge in [-0.15, -0.1) is 0 Å². The summed E-state index contributed by atoms with van der Waals surface area (Å²) < 4.78 is 0. The van der Waals surface area contributed by atoms with Crippen LogP contribution in [0.4, 0.5) is 0 Å². The summed E-state index contributed by atoms with van der Waals surface area (Å²) in [6.07, 6.45) is 3.02. The van der Waals surface area contributed by atoms with Crippen LogP contribution in [0.5, 0.6) is 0 Å². The summed E-state index contributed by atoms with van der Waals surface area (Å²) in [7, 11) is 0. The first kappa shape index (κ1) is 9.94. The largest absolute Gasteiger partial charge is 0.476 e. The van der Waals surface area contributed by atoms with E-state index in [9.17, 15) is 4.79 Å². The van der Waals surface area contributed by atoms with Crippen LogP contribution in [0.1, 0.15) is 28.9 Å². The number of carboxylic acids is 1. The molecule has 4 nitrogen and oxygen atoms in total. The van der Waals surface area contributed by atoms with Gasteiger partial charge in [-0.25, -0.2) is 16.4 Å². The number of hydrogen-bond acceptors (Lipinski definition) is 2. The SMILES string of the molecule is [C-]#[N+]C1(c2cnc(C(=O)O)c(Cl)c2)CC1. The Balaban J connectivity index is 2.43. The minimum Gasteiger partial charge on any atom is -0.476 e. The molecule has 0 spiro atoms. The molecule has 1 heterocycles. The van der Waals surface area contributed by atoms with Gasteiger partial charge in [-0.1, -0.05) is 11.6 Å². The summed E-state index contributed by atoms with van der Waals surface area (Å²) in [6, 6.07) is 1.53. The highest BCUT2D eigenvalue weighted by atomic mass is 35.5. The molecule has 5 heteroatoms. The maximum absolute atomic E-state index is 10.7. The number of halogens is 1. The molecule has 0 bridgehead atoms. The Kier molecular flexibility index (Phi) is 2.13. The smallest absolute Gasteiger partial charge is 0.356 e. The maximum atomic E-state index is 10.7. The van der Waals surface area contributed by atoms with Crippen LogP contribution in [-0.4, -0.2) is 16.1 Å². The van der Waals surface area contributed by atoms with E-state index in [0.29, 0.717) is 5.56 Å². The normalized spacial score (nSPS) is 16.8. The molecule has 1 aliphatic rings. The van der Waals surface area contributed by atoms with Gasteiger partial charge in [0.05, 0.1) is 10.6 Å². The molecule has 1 aromatic heterocycles. The highest BCUT2D eigenvalue weighted by Crippen LogP contribution is 2.49. The van der Waals surface area contributed by atoms with Gasteiger partial charge in [0.2, 0.25) is 0 Å². The molecule has 2 rings (SSSR count). The first-order valence-corrected chi connectivity index (χ1v) is 4.75. The molecule has 0 saturated heterocycles. The zero-order valence-electron chi connectivity index (χ0n) is 7.70. The molecule has 0 aliphatic heterocycles. The van der Waals surface area contributed by atoms with Gasteiger partial charge in [0.25, 0.3) is 5.54 Å². The zero-order valence-corrected chi connectivity index (χ0v) is 8.45. The fourth-order valence-electron chi connectivity index (χ4n) is 1.43. The predicted molar refractivity (Wildman–Crippen MR) is 53.7 cm³/mol. The van der Waals surface area contributed by atoms with Crippen molar-refractivity contribution in [2.45, 2.75) is 18.4 Å². The lowest BCUT2D eigenvalue weighted by Gasteiger charge is -2.04. The molecule has 1 N–H and O–H groups in total. The minimum absolute atomic E-state index is 0.0925. The lowest BCUT2D eigenvalue weighted by Crippen LogP contribution is -2.06. The molecule has 15 heavy (non-hydrogen) atoms. The van der Waals surface area contributed by atoms with Crippen LogP contribution in [0.3, 0.4) is 0 Å². The zero-order chi connectivity index (χ0) is 11.1. The van der Waals surface area contributed by atoms with Crippen LogP contribution >= 0.6 is 11.6 Å². The van der Waals surface area contributed by atoms with Gasteiger partial charge >= 0.3 is 5.97 Å². The van der Waals surface area contributed by atoms with Crippen molar-refractivity contribution in [3.8, 4) is 0 Å². The number of aromatic nitrogens is 1. The van der Waals surface area contributed by atoms with Gasteiger partial charge in [-0.2, -0.15) is 0 Å². The molecule has 0 aromatic carbocycles. The standard InChI is InChI=1S/C10H7ClN2O2/c1-12-10(2-3-10)6-4-7(11)8(9(14)15)13-5-6/h4-5H,2-3H2,(H,14,15). The first-order chi connectivity index (χ1) is 7.09. The van der Waals surface area contributed by atoms with Gasteiger partial charge in [0.15, 0.2) is 5.69 Å². The van der Waals surface area contributed by atoms with Crippen LogP contribution in [-0.2, 0) is 5.54 Å². The predicted octanol–water partition coefficient (Wildman–Crippen LogP) is 2.34.